The largest absolute Gasteiger partial charge is 0.387 e. The molecule has 3 heterocycles. The van der Waals surface area contributed by atoms with E-state index in [1.807, 2.05) is 0 Å². The molecule has 124 valence electrons. The summed E-state index contributed by atoms with van der Waals surface area (Å²) in [6.45, 7) is 2.26. The number of hydrogen-bond donors (Lipinski definition) is 3. The number of likely N-dealkylation sites (N-methyl/N-ethyl adjacent to an activating group) is 1. The number of nitrogen functional groups attached to an aromatic ring is 1. The molecule has 10 nitrogen and oxygen atoms in total. The summed E-state index contributed by atoms with van der Waals surface area (Å²) in [7, 11) is 1.60. The number of rotatable bonds is 3. The van der Waals surface area contributed by atoms with Gasteiger partial charge >= 0.3 is 0 Å². The third-order valence-electron chi connectivity index (χ3n) is 3.99. The van der Waals surface area contributed by atoms with Crippen LogP contribution in [0.5, 0.6) is 0 Å². The SMILES string of the molecule is CCN(C)C(=O)[C@H]1O[C@@H](n2cnc3c(N)ncnc32)[C@H](O)[C@@H]1O. The van der Waals surface area contributed by atoms with E-state index in [0.717, 1.165) is 0 Å². The van der Waals surface area contributed by atoms with Crippen LogP contribution < -0.4 is 5.73 Å². The summed E-state index contributed by atoms with van der Waals surface area (Å²) in [6, 6.07) is 0. The molecule has 0 aliphatic carbocycles. The standard InChI is InChI=1S/C13H18N6O4/c1-3-18(2)12(22)9-7(20)8(21)13(23-9)19-5-17-6-10(14)15-4-16-11(6)19/h4-5,7-9,13,20-21H,3H2,1-2H3,(H2,14,15,16)/t7-,8+,9-,13+/m0/s1. The van der Waals surface area contributed by atoms with E-state index in [4.69, 9.17) is 10.5 Å². The molecular formula is C13H18N6O4. The number of imidazole rings is 1. The highest BCUT2D eigenvalue weighted by atomic mass is 16.6. The van der Waals surface area contributed by atoms with Crippen LogP contribution in [0, 0.1) is 0 Å². The van der Waals surface area contributed by atoms with E-state index in [-0.39, 0.29) is 5.82 Å². The van der Waals surface area contributed by atoms with Crippen LogP contribution in [0.25, 0.3) is 11.2 Å². The van der Waals surface area contributed by atoms with Crippen molar-refractivity contribution in [3.05, 3.63) is 12.7 Å². The van der Waals surface area contributed by atoms with Crippen molar-refractivity contribution in [2.45, 2.75) is 31.5 Å². The summed E-state index contributed by atoms with van der Waals surface area (Å²) in [5.74, 6) is -0.208. The maximum atomic E-state index is 12.2. The molecule has 1 fully saturated rings. The van der Waals surface area contributed by atoms with Crippen molar-refractivity contribution < 1.29 is 19.7 Å². The number of aliphatic hydroxyl groups excluding tert-OH is 2. The molecule has 0 aromatic carbocycles. The van der Waals surface area contributed by atoms with Crippen molar-refractivity contribution in [3.8, 4) is 0 Å². The number of aromatic nitrogens is 4. The molecule has 0 saturated carbocycles. The molecule has 0 radical (unpaired) electrons. The molecule has 0 bridgehead atoms. The molecule has 4 atom stereocenters. The van der Waals surface area contributed by atoms with Crippen LogP contribution >= 0.6 is 0 Å². The quantitative estimate of drug-likeness (QED) is 0.620. The number of aliphatic hydroxyl groups is 2. The Morgan fingerprint density at radius 2 is 2.13 bits per heavy atom. The molecule has 0 unspecified atom stereocenters. The van der Waals surface area contributed by atoms with E-state index in [1.165, 1.54) is 22.1 Å². The first-order valence-corrected chi connectivity index (χ1v) is 7.15. The third-order valence-corrected chi connectivity index (χ3v) is 3.99. The minimum Gasteiger partial charge on any atom is -0.387 e. The summed E-state index contributed by atoms with van der Waals surface area (Å²) in [6.07, 6.45) is -2.16. The minimum atomic E-state index is -1.35. The lowest BCUT2D eigenvalue weighted by molar-refractivity contribution is -0.147. The van der Waals surface area contributed by atoms with E-state index in [2.05, 4.69) is 15.0 Å². The van der Waals surface area contributed by atoms with E-state index < -0.39 is 30.4 Å². The van der Waals surface area contributed by atoms with Crippen molar-refractivity contribution in [1.82, 2.24) is 24.4 Å². The van der Waals surface area contributed by atoms with Crippen LogP contribution in [0.2, 0.25) is 0 Å². The van der Waals surface area contributed by atoms with Gasteiger partial charge in [0, 0.05) is 13.6 Å². The zero-order chi connectivity index (χ0) is 16.7. The van der Waals surface area contributed by atoms with Gasteiger partial charge in [-0.1, -0.05) is 0 Å². The number of carbonyl (C=O) groups excluding carboxylic acids is 1. The predicted molar refractivity (Wildman–Crippen MR) is 79.0 cm³/mol. The number of anilines is 1. The van der Waals surface area contributed by atoms with Crippen LogP contribution in [0.3, 0.4) is 0 Å². The molecular weight excluding hydrogens is 304 g/mol. The van der Waals surface area contributed by atoms with Crippen LogP contribution in [0.4, 0.5) is 5.82 Å². The number of nitrogens with zero attached hydrogens (tertiary/aromatic N) is 5. The predicted octanol–water partition coefficient (Wildman–Crippen LogP) is -1.49. The highest BCUT2D eigenvalue weighted by Crippen LogP contribution is 2.32. The Hall–Kier alpha value is -2.30. The zero-order valence-corrected chi connectivity index (χ0v) is 12.7. The number of hydrogen-bond acceptors (Lipinski definition) is 8. The average Bonchev–Trinajstić information content (AvgIpc) is 3.09. The summed E-state index contributed by atoms with van der Waals surface area (Å²) < 4.78 is 7.02. The lowest BCUT2D eigenvalue weighted by Crippen LogP contribution is -2.43. The molecule has 1 amide bonds. The van der Waals surface area contributed by atoms with Gasteiger partial charge in [-0.3, -0.25) is 9.36 Å². The molecule has 10 heteroatoms. The van der Waals surface area contributed by atoms with Crippen molar-refractivity contribution in [2.24, 2.45) is 0 Å². The lowest BCUT2D eigenvalue weighted by Gasteiger charge is -2.20. The molecule has 1 aliphatic rings. The van der Waals surface area contributed by atoms with Gasteiger partial charge in [-0.25, -0.2) is 15.0 Å². The molecule has 1 aliphatic heterocycles. The fourth-order valence-electron chi connectivity index (χ4n) is 2.52. The fraction of sp³-hybridized carbons (Fsp3) is 0.538. The van der Waals surface area contributed by atoms with Crippen LogP contribution in [-0.4, -0.2) is 72.4 Å². The number of amides is 1. The number of nitrogens with two attached hydrogens (primary N) is 1. The molecule has 23 heavy (non-hydrogen) atoms. The monoisotopic (exact) mass is 322 g/mol. The molecule has 2 aromatic rings. The molecule has 2 aromatic heterocycles. The molecule has 3 rings (SSSR count). The smallest absolute Gasteiger partial charge is 0.254 e. The average molecular weight is 322 g/mol. The Labute approximate surface area is 131 Å². The van der Waals surface area contributed by atoms with Gasteiger partial charge in [0.05, 0.1) is 6.33 Å². The second-order valence-electron chi connectivity index (χ2n) is 5.36. The van der Waals surface area contributed by atoms with Gasteiger partial charge in [-0.15, -0.1) is 0 Å². The zero-order valence-electron chi connectivity index (χ0n) is 12.7. The maximum absolute atomic E-state index is 12.2. The normalized spacial score (nSPS) is 27.5. The fourth-order valence-corrected chi connectivity index (χ4v) is 2.52. The Morgan fingerprint density at radius 1 is 1.39 bits per heavy atom. The van der Waals surface area contributed by atoms with Crippen LogP contribution in [0.1, 0.15) is 13.2 Å². The summed E-state index contributed by atoms with van der Waals surface area (Å²) >= 11 is 0. The Bertz CT molecular complexity index is 734. The van der Waals surface area contributed by atoms with Gasteiger partial charge in [0.25, 0.3) is 5.91 Å². The van der Waals surface area contributed by atoms with Crippen molar-refractivity contribution >= 4 is 22.9 Å². The third kappa shape index (κ3) is 2.40. The Morgan fingerprint density at radius 3 is 2.83 bits per heavy atom. The highest BCUT2D eigenvalue weighted by Gasteiger charge is 2.48. The lowest BCUT2D eigenvalue weighted by atomic mass is 10.1. The highest BCUT2D eigenvalue weighted by molar-refractivity contribution is 5.82. The van der Waals surface area contributed by atoms with E-state index in [9.17, 15) is 15.0 Å². The van der Waals surface area contributed by atoms with Crippen LogP contribution in [-0.2, 0) is 9.53 Å². The minimum absolute atomic E-state index is 0.195. The number of carbonyl (C=O) groups is 1. The summed E-state index contributed by atoms with van der Waals surface area (Å²) in [4.78, 5) is 25.6. The maximum Gasteiger partial charge on any atom is 0.254 e. The van der Waals surface area contributed by atoms with Gasteiger partial charge < -0.3 is 25.6 Å². The van der Waals surface area contributed by atoms with Crippen molar-refractivity contribution in [1.29, 1.82) is 0 Å². The first-order valence-electron chi connectivity index (χ1n) is 7.15. The number of ether oxygens (including phenoxy) is 1. The molecule has 4 N–H and O–H groups in total. The molecule has 0 spiro atoms. The van der Waals surface area contributed by atoms with Crippen molar-refractivity contribution in [2.75, 3.05) is 19.3 Å². The van der Waals surface area contributed by atoms with Gasteiger partial charge in [-0.05, 0) is 6.92 Å². The first kappa shape index (κ1) is 15.6. The Balaban J connectivity index is 1.94. The number of fused-ring (bicyclic) bond motifs is 1. The van der Waals surface area contributed by atoms with E-state index in [0.29, 0.717) is 17.7 Å². The van der Waals surface area contributed by atoms with Gasteiger partial charge in [0.2, 0.25) is 0 Å². The summed E-state index contributed by atoms with van der Waals surface area (Å²) in [5.41, 5.74) is 6.43. The van der Waals surface area contributed by atoms with Gasteiger partial charge in [0.15, 0.2) is 23.8 Å². The topological polar surface area (TPSA) is 140 Å². The Kier molecular flexibility index (Phi) is 3.88. The first-order chi connectivity index (χ1) is 11.0. The summed E-state index contributed by atoms with van der Waals surface area (Å²) in [5, 5.41) is 20.4. The molecule has 1 saturated heterocycles. The van der Waals surface area contributed by atoms with E-state index in [1.54, 1.807) is 14.0 Å². The second-order valence-corrected chi connectivity index (χ2v) is 5.36. The van der Waals surface area contributed by atoms with Gasteiger partial charge in [0.1, 0.15) is 24.1 Å². The second kappa shape index (κ2) is 5.72. The van der Waals surface area contributed by atoms with Gasteiger partial charge in [-0.2, -0.15) is 0 Å². The van der Waals surface area contributed by atoms with Crippen molar-refractivity contribution in [3.63, 3.8) is 0 Å². The van der Waals surface area contributed by atoms with E-state index >= 15 is 0 Å². The van der Waals surface area contributed by atoms with Crippen LogP contribution in [0.15, 0.2) is 12.7 Å².